The minimum atomic E-state index is 0. The first-order valence-corrected chi connectivity index (χ1v) is 12.3. The Hall–Kier alpha value is -1.20. The molecule has 1 aromatic carbocycles. The molecule has 2 atom stereocenters. The second-order valence-corrected chi connectivity index (χ2v) is 9.96. The highest BCUT2D eigenvalue weighted by Crippen LogP contribution is 2.33. The van der Waals surface area contributed by atoms with Crippen LogP contribution in [0, 0.1) is 0 Å². The Morgan fingerprint density at radius 2 is 1.83 bits per heavy atom. The number of aliphatic imine (C=N–C) groups is 1. The quantitative estimate of drug-likeness (QED) is 0.495. The normalized spacial score (nSPS) is 23.8. The van der Waals surface area contributed by atoms with E-state index in [9.17, 15) is 4.79 Å². The Kier molecular flexibility index (Phi) is 10.5. The molecular formula is C24H38ClN3OS. The van der Waals surface area contributed by atoms with Gasteiger partial charge in [-0.1, -0.05) is 69.8 Å². The Bertz CT molecular complexity index is 686. The van der Waals surface area contributed by atoms with Gasteiger partial charge in [-0.3, -0.25) is 9.79 Å². The summed E-state index contributed by atoms with van der Waals surface area (Å²) in [5.74, 6) is 0.0892. The highest BCUT2D eigenvalue weighted by Gasteiger charge is 2.35. The van der Waals surface area contributed by atoms with Crippen LogP contribution in [0.15, 0.2) is 29.3 Å². The zero-order valence-corrected chi connectivity index (χ0v) is 20.4. The van der Waals surface area contributed by atoms with E-state index in [0.717, 1.165) is 17.3 Å². The maximum Gasteiger partial charge on any atom is 0.226 e. The number of thioether (sulfide) groups is 1. The van der Waals surface area contributed by atoms with Crippen LogP contribution < -0.4 is 5.32 Å². The van der Waals surface area contributed by atoms with Gasteiger partial charge in [-0.05, 0) is 43.4 Å². The van der Waals surface area contributed by atoms with Gasteiger partial charge in [-0.25, -0.2) is 0 Å². The summed E-state index contributed by atoms with van der Waals surface area (Å²) >= 11 is 1.84. The molecule has 4 nitrogen and oxygen atoms in total. The van der Waals surface area contributed by atoms with Crippen LogP contribution in [0.1, 0.15) is 77.2 Å². The number of nitrogens with zero attached hydrogens (tertiary/aromatic N) is 2. The van der Waals surface area contributed by atoms with Gasteiger partial charge in [0, 0.05) is 24.4 Å². The van der Waals surface area contributed by atoms with Crippen molar-refractivity contribution in [2.45, 2.75) is 95.4 Å². The van der Waals surface area contributed by atoms with Crippen molar-refractivity contribution in [2.75, 3.05) is 12.4 Å². The van der Waals surface area contributed by atoms with Crippen molar-refractivity contribution in [2.24, 2.45) is 4.99 Å². The number of amides is 1. The lowest BCUT2D eigenvalue weighted by molar-refractivity contribution is -0.117. The SMILES string of the molecule is CCCCc1ccc(NC(=O)CC2C(C)SC(=NC3CCCCCC3)N2C)cc1.Cl. The van der Waals surface area contributed by atoms with Gasteiger partial charge in [0.05, 0.1) is 12.1 Å². The molecule has 1 aliphatic heterocycles. The summed E-state index contributed by atoms with van der Waals surface area (Å²) in [6.07, 6.45) is 11.8. The van der Waals surface area contributed by atoms with E-state index >= 15 is 0 Å². The largest absolute Gasteiger partial charge is 0.350 e. The summed E-state index contributed by atoms with van der Waals surface area (Å²) in [5.41, 5.74) is 2.23. The molecule has 0 radical (unpaired) electrons. The predicted molar refractivity (Wildman–Crippen MR) is 133 cm³/mol. The second-order valence-electron chi connectivity index (χ2n) is 8.61. The molecule has 2 unspecified atom stereocenters. The van der Waals surface area contributed by atoms with Crippen molar-refractivity contribution in [3.05, 3.63) is 29.8 Å². The fraction of sp³-hybridized carbons (Fsp3) is 0.667. The van der Waals surface area contributed by atoms with E-state index in [2.05, 4.69) is 43.2 Å². The van der Waals surface area contributed by atoms with E-state index in [1.54, 1.807) is 0 Å². The van der Waals surface area contributed by atoms with Gasteiger partial charge < -0.3 is 10.2 Å². The van der Waals surface area contributed by atoms with Crippen LogP contribution in [0.3, 0.4) is 0 Å². The molecule has 30 heavy (non-hydrogen) atoms. The third-order valence-electron chi connectivity index (χ3n) is 6.20. The average Bonchev–Trinajstić information content (AvgIpc) is 2.89. The highest BCUT2D eigenvalue weighted by atomic mass is 35.5. The first-order chi connectivity index (χ1) is 14.1. The maximum atomic E-state index is 12.7. The number of amidine groups is 1. The fourth-order valence-corrected chi connectivity index (χ4v) is 5.57. The summed E-state index contributed by atoms with van der Waals surface area (Å²) in [6.45, 7) is 4.43. The van der Waals surface area contributed by atoms with E-state index < -0.39 is 0 Å². The topological polar surface area (TPSA) is 44.7 Å². The minimum absolute atomic E-state index is 0. The van der Waals surface area contributed by atoms with Gasteiger partial charge in [0.15, 0.2) is 5.17 Å². The smallest absolute Gasteiger partial charge is 0.226 e. The summed E-state index contributed by atoms with van der Waals surface area (Å²) in [5, 5.41) is 4.59. The zero-order chi connectivity index (χ0) is 20.6. The maximum absolute atomic E-state index is 12.7. The number of benzene rings is 1. The van der Waals surface area contributed by atoms with Crippen molar-refractivity contribution < 1.29 is 4.79 Å². The lowest BCUT2D eigenvalue weighted by Crippen LogP contribution is -2.36. The molecule has 1 aromatic rings. The fourth-order valence-electron chi connectivity index (χ4n) is 4.29. The Morgan fingerprint density at radius 1 is 1.17 bits per heavy atom. The third kappa shape index (κ3) is 7.19. The number of hydrogen-bond donors (Lipinski definition) is 1. The first-order valence-electron chi connectivity index (χ1n) is 11.4. The van der Waals surface area contributed by atoms with Gasteiger partial charge >= 0.3 is 0 Å². The van der Waals surface area contributed by atoms with Crippen molar-refractivity contribution >= 4 is 40.9 Å². The highest BCUT2D eigenvalue weighted by molar-refractivity contribution is 8.14. The number of unbranched alkanes of at least 4 members (excludes halogenated alkanes) is 1. The van der Waals surface area contributed by atoms with Crippen LogP contribution in [0.25, 0.3) is 0 Å². The van der Waals surface area contributed by atoms with Crippen molar-refractivity contribution in [3.63, 3.8) is 0 Å². The van der Waals surface area contributed by atoms with Gasteiger partial charge in [0.25, 0.3) is 0 Å². The van der Waals surface area contributed by atoms with Crippen LogP contribution in [0.5, 0.6) is 0 Å². The van der Waals surface area contributed by atoms with Crippen LogP contribution >= 0.6 is 24.2 Å². The average molecular weight is 452 g/mol. The van der Waals surface area contributed by atoms with Gasteiger partial charge in [-0.15, -0.1) is 12.4 Å². The molecule has 3 rings (SSSR count). The molecule has 1 saturated carbocycles. The number of halogens is 1. The van der Waals surface area contributed by atoms with Crippen LogP contribution in [-0.4, -0.2) is 40.4 Å². The number of carbonyl (C=O) groups excluding carboxylic acids is 1. The lowest BCUT2D eigenvalue weighted by Gasteiger charge is -2.23. The van der Waals surface area contributed by atoms with Crippen molar-refractivity contribution in [1.82, 2.24) is 4.90 Å². The van der Waals surface area contributed by atoms with E-state index in [-0.39, 0.29) is 24.4 Å². The van der Waals surface area contributed by atoms with Crippen LogP contribution in [0.2, 0.25) is 0 Å². The Balaban J connectivity index is 0.00000320. The van der Waals surface area contributed by atoms with E-state index in [1.165, 1.54) is 56.9 Å². The molecule has 0 spiro atoms. The van der Waals surface area contributed by atoms with Crippen molar-refractivity contribution in [1.29, 1.82) is 0 Å². The van der Waals surface area contributed by atoms with Crippen LogP contribution in [0.4, 0.5) is 5.69 Å². The number of anilines is 1. The number of rotatable bonds is 7. The number of hydrogen-bond acceptors (Lipinski definition) is 3. The number of nitrogens with one attached hydrogen (secondary N) is 1. The standard InChI is InChI=1S/C24H37N3OS.ClH/c1-4-5-10-19-13-15-21(16-14-19)25-23(28)17-22-18(2)29-24(27(22)3)26-20-11-8-6-7-9-12-20;/h13-16,18,20,22H,4-12,17H2,1-3H3,(H,25,28);1H. The molecule has 1 N–H and O–H groups in total. The number of carbonyl (C=O) groups is 1. The van der Waals surface area contributed by atoms with Crippen molar-refractivity contribution in [3.8, 4) is 0 Å². The Labute approximate surface area is 193 Å². The molecule has 1 saturated heterocycles. The molecule has 1 amide bonds. The summed E-state index contributed by atoms with van der Waals surface area (Å²) < 4.78 is 0. The monoisotopic (exact) mass is 451 g/mol. The van der Waals surface area contributed by atoms with Crippen LogP contribution in [-0.2, 0) is 11.2 Å². The van der Waals surface area contributed by atoms with E-state index in [0.29, 0.717) is 17.7 Å². The molecule has 2 fully saturated rings. The minimum Gasteiger partial charge on any atom is -0.350 e. The third-order valence-corrected chi connectivity index (χ3v) is 7.49. The molecule has 1 aliphatic carbocycles. The summed E-state index contributed by atoms with van der Waals surface area (Å²) in [6, 6.07) is 8.98. The van der Waals surface area contributed by atoms with E-state index in [4.69, 9.17) is 4.99 Å². The molecule has 2 aliphatic rings. The van der Waals surface area contributed by atoms with Gasteiger partial charge in [0.2, 0.25) is 5.91 Å². The number of aryl methyl sites for hydroxylation is 1. The molecule has 168 valence electrons. The second kappa shape index (κ2) is 12.6. The molecule has 0 bridgehead atoms. The molecule has 1 heterocycles. The summed E-state index contributed by atoms with van der Waals surface area (Å²) in [4.78, 5) is 20.0. The zero-order valence-electron chi connectivity index (χ0n) is 18.7. The lowest BCUT2D eigenvalue weighted by atomic mass is 10.1. The molecule has 0 aromatic heterocycles. The molecule has 6 heteroatoms. The summed E-state index contributed by atoms with van der Waals surface area (Å²) in [7, 11) is 2.10. The van der Waals surface area contributed by atoms with E-state index in [1.807, 2.05) is 23.9 Å². The van der Waals surface area contributed by atoms with Gasteiger partial charge in [-0.2, -0.15) is 0 Å². The Morgan fingerprint density at radius 3 is 2.47 bits per heavy atom. The van der Waals surface area contributed by atoms with Gasteiger partial charge in [0.1, 0.15) is 0 Å². The molecular weight excluding hydrogens is 414 g/mol. The predicted octanol–water partition coefficient (Wildman–Crippen LogP) is 6.29. The first kappa shape index (κ1) is 25.1.